The number of hydrogen-bond donors (Lipinski definition) is 1. The Bertz CT molecular complexity index is 617. The molecule has 5 nitrogen and oxygen atoms in total. The van der Waals surface area contributed by atoms with Crippen LogP contribution < -0.4 is 5.32 Å². The summed E-state index contributed by atoms with van der Waals surface area (Å²) >= 11 is 4.86. The summed E-state index contributed by atoms with van der Waals surface area (Å²) in [4.78, 5) is 20.7. The quantitative estimate of drug-likeness (QED) is 0.932. The molecule has 2 heterocycles. The fourth-order valence-electron chi connectivity index (χ4n) is 1.63. The monoisotopic (exact) mass is 342 g/mol. The van der Waals surface area contributed by atoms with Gasteiger partial charge in [0.25, 0.3) is 5.91 Å². The van der Waals surface area contributed by atoms with E-state index in [0.717, 1.165) is 15.3 Å². The third-order valence-corrected chi connectivity index (χ3v) is 4.73. The molecule has 0 bridgehead atoms. The Labute approximate surface area is 124 Å². The summed E-state index contributed by atoms with van der Waals surface area (Å²) in [5.74, 6) is 0.152. The van der Waals surface area contributed by atoms with Gasteiger partial charge in [-0.2, -0.15) is 0 Å². The molecule has 2 rings (SSSR count). The highest BCUT2D eigenvalue weighted by Crippen LogP contribution is 2.24. The number of rotatable bonds is 3. The summed E-state index contributed by atoms with van der Waals surface area (Å²) in [5.41, 5.74) is 0.441. The molecule has 0 spiro atoms. The Morgan fingerprint density at radius 1 is 1.53 bits per heavy atom. The van der Waals surface area contributed by atoms with Gasteiger partial charge in [0.05, 0.1) is 11.7 Å². The minimum atomic E-state index is -0.519. The summed E-state index contributed by atoms with van der Waals surface area (Å²) in [5, 5.41) is 5.82. The lowest BCUT2D eigenvalue weighted by molar-refractivity contribution is 0.0897. The highest BCUT2D eigenvalue weighted by molar-refractivity contribution is 9.10. The third kappa shape index (κ3) is 2.87. The van der Waals surface area contributed by atoms with Crippen molar-refractivity contribution in [2.24, 2.45) is 7.05 Å². The minimum Gasteiger partial charge on any atom is -0.338 e. The van der Waals surface area contributed by atoms with Gasteiger partial charge in [0.1, 0.15) is 9.61 Å². The number of amides is 1. The van der Waals surface area contributed by atoms with Crippen LogP contribution in [0.4, 0.5) is 0 Å². The molecule has 0 fully saturated rings. The first-order valence-corrected chi connectivity index (χ1v) is 7.41. The van der Waals surface area contributed by atoms with Gasteiger partial charge in [-0.25, -0.2) is 9.97 Å². The number of imidazole rings is 1. The van der Waals surface area contributed by atoms with Crippen LogP contribution in [-0.2, 0) is 12.6 Å². The van der Waals surface area contributed by atoms with E-state index in [1.807, 2.05) is 26.2 Å². The van der Waals surface area contributed by atoms with E-state index in [1.165, 1.54) is 0 Å². The maximum atomic E-state index is 12.2. The number of thiazole rings is 1. The molecule has 0 aliphatic heterocycles. The van der Waals surface area contributed by atoms with Gasteiger partial charge in [-0.1, -0.05) is 0 Å². The summed E-state index contributed by atoms with van der Waals surface area (Å²) in [6.45, 7) is 5.80. The van der Waals surface area contributed by atoms with Gasteiger partial charge in [-0.15, -0.1) is 11.3 Å². The van der Waals surface area contributed by atoms with E-state index in [2.05, 4.69) is 31.2 Å². The van der Waals surface area contributed by atoms with Crippen molar-refractivity contribution in [2.75, 3.05) is 0 Å². The molecule has 0 saturated carbocycles. The summed E-state index contributed by atoms with van der Waals surface area (Å²) in [7, 11) is 1.78. The SMILES string of the molecule is Cc1csc(C(C)(C)NC(=O)c2ncc(Br)n2C)n1. The molecule has 0 atom stereocenters. The molecule has 2 aromatic heterocycles. The van der Waals surface area contributed by atoms with E-state index in [4.69, 9.17) is 0 Å². The van der Waals surface area contributed by atoms with Crippen molar-refractivity contribution < 1.29 is 4.79 Å². The van der Waals surface area contributed by atoms with Crippen LogP contribution in [0.3, 0.4) is 0 Å². The van der Waals surface area contributed by atoms with E-state index >= 15 is 0 Å². The predicted octanol–water partition coefficient (Wildman–Crippen LogP) is 2.61. The normalized spacial score (nSPS) is 11.6. The van der Waals surface area contributed by atoms with Crippen LogP contribution in [-0.4, -0.2) is 20.4 Å². The van der Waals surface area contributed by atoms with Gasteiger partial charge in [-0.05, 0) is 36.7 Å². The van der Waals surface area contributed by atoms with Crippen molar-refractivity contribution in [1.29, 1.82) is 0 Å². The fraction of sp³-hybridized carbons (Fsp3) is 0.417. The Morgan fingerprint density at radius 3 is 2.68 bits per heavy atom. The number of nitrogens with zero attached hydrogens (tertiary/aromatic N) is 3. The summed E-state index contributed by atoms with van der Waals surface area (Å²) in [6, 6.07) is 0. The molecule has 102 valence electrons. The molecule has 0 unspecified atom stereocenters. The van der Waals surface area contributed by atoms with Crippen LogP contribution in [0.1, 0.15) is 35.2 Å². The lowest BCUT2D eigenvalue weighted by atomic mass is 10.1. The molecule has 19 heavy (non-hydrogen) atoms. The summed E-state index contributed by atoms with van der Waals surface area (Å²) in [6.07, 6.45) is 1.61. The highest BCUT2D eigenvalue weighted by atomic mass is 79.9. The molecule has 0 aliphatic carbocycles. The predicted molar refractivity (Wildman–Crippen MR) is 78.3 cm³/mol. The van der Waals surface area contributed by atoms with E-state index < -0.39 is 5.54 Å². The van der Waals surface area contributed by atoms with E-state index in [1.54, 1.807) is 29.1 Å². The first-order valence-electron chi connectivity index (χ1n) is 5.73. The van der Waals surface area contributed by atoms with Crippen molar-refractivity contribution >= 4 is 33.2 Å². The number of aromatic nitrogens is 3. The van der Waals surface area contributed by atoms with E-state index in [0.29, 0.717) is 5.82 Å². The van der Waals surface area contributed by atoms with E-state index in [9.17, 15) is 4.79 Å². The second-order valence-electron chi connectivity index (χ2n) is 4.84. The van der Waals surface area contributed by atoms with Crippen LogP contribution in [0.5, 0.6) is 0 Å². The van der Waals surface area contributed by atoms with Gasteiger partial charge >= 0.3 is 0 Å². The topological polar surface area (TPSA) is 59.8 Å². The molecule has 0 radical (unpaired) electrons. The Hall–Kier alpha value is -1.21. The van der Waals surface area contributed by atoms with Crippen LogP contribution in [0.15, 0.2) is 16.2 Å². The van der Waals surface area contributed by atoms with Gasteiger partial charge in [0, 0.05) is 18.1 Å². The van der Waals surface area contributed by atoms with Crippen molar-refractivity contribution in [3.63, 3.8) is 0 Å². The average Bonchev–Trinajstić information content (AvgIpc) is 2.87. The van der Waals surface area contributed by atoms with Crippen molar-refractivity contribution in [1.82, 2.24) is 19.9 Å². The van der Waals surface area contributed by atoms with E-state index in [-0.39, 0.29) is 5.91 Å². The lowest BCUT2D eigenvalue weighted by Gasteiger charge is -2.23. The Morgan fingerprint density at radius 2 is 2.21 bits per heavy atom. The smallest absolute Gasteiger partial charge is 0.288 e. The first-order chi connectivity index (χ1) is 8.81. The lowest BCUT2D eigenvalue weighted by Crippen LogP contribution is -2.42. The average molecular weight is 343 g/mol. The van der Waals surface area contributed by atoms with Crippen LogP contribution in [0, 0.1) is 6.92 Å². The maximum Gasteiger partial charge on any atom is 0.288 e. The largest absolute Gasteiger partial charge is 0.338 e. The second kappa shape index (κ2) is 5.05. The number of halogens is 1. The Kier molecular flexibility index (Phi) is 3.78. The zero-order valence-corrected chi connectivity index (χ0v) is 13.6. The van der Waals surface area contributed by atoms with Crippen molar-refractivity contribution in [2.45, 2.75) is 26.3 Å². The fourth-order valence-corrected chi connectivity index (χ4v) is 2.78. The number of nitrogens with one attached hydrogen (secondary N) is 1. The number of aryl methyl sites for hydroxylation is 1. The second-order valence-corrected chi connectivity index (χ2v) is 6.51. The zero-order valence-electron chi connectivity index (χ0n) is 11.2. The highest BCUT2D eigenvalue weighted by Gasteiger charge is 2.28. The van der Waals surface area contributed by atoms with Gasteiger partial charge in [0.15, 0.2) is 5.82 Å². The van der Waals surface area contributed by atoms with Crippen LogP contribution in [0.2, 0.25) is 0 Å². The first kappa shape index (κ1) is 14.2. The van der Waals surface area contributed by atoms with Gasteiger partial charge in [-0.3, -0.25) is 4.79 Å². The molecule has 2 aromatic rings. The maximum absolute atomic E-state index is 12.2. The molecule has 7 heteroatoms. The van der Waals surface area contributed by atoms with Crippen molar-refractivity contribution in [3.05, 3.63) is 32.7 Å². The molecule has 1 amide bonds. The molecular formula is C12H15BrN4OS. The summed E-state index contributed by atoms with van der Waals surface area (Å²) < 4.78 is 2.46. The number of carbonyl (C=O) groups is 1. The van der Waals surface area contributed by atoms with Crippen LogP contribution >= 0.6 is 27.3 Å². The molecule has 0 aromatic carbocycles. The minimum absolute atomic E-state index is 0.217. The number of hydrogen-bond acceptors (Lipinski definition) is 4. The molecule has 1 N–H and O–H groups in total. The Balaban J connectivity index is 2.21. The third-order valence-electron chi connectivity index (χ3n) is 2.71. The van der Waals surface area contributed by atoms with Gasteiger partial charge < -0.3 is 9.88 Å². The van der Waals surface area contributed by atoms with Crippen molar-refractivity contribution in [3.8, 4) is 0 Å². The van der Waals surface area contributed by atoms with Gasteiger partial charge in [0.2, 0.25) is 0 Å². The molecular weight excluding hydrogens is 328 g/mol. The van der Waals surface area contributed by atoms with Crippen LogP contribution in [0.25, 0.3) is 0 Å². The molecule has 0 aliphatic rings. The zero-order chi connectivity index (χ0) is 14.2. The number of carbonyl (C=O) groups excluding carboxylic acids is 1. The standard InChI is InChI=1S/C12H15BrN4OS/c1-7-6-19-11(15-7)12(2,3)16-10(18)9-14-5-8(13)17(9)4/h5-6H,1-4H3,(H,16,18). The molecule has 0 saturated heterocycles.